The monoisotopic (exact) mass is 280 g/mol. The quantitative estimate of drug-likeness (QED) is 0.805. The summed E-state index contributed by atoms with van der Waals surface area (Å²) in [5.74, 6) is 1.21. The molecule has 4 atom stereocenters. The Labute approximate surface area is 124 Å². The van der Waals surface area contributed by atoms with Gasteiger partial charge in [0.15, 0.2) is 0 Å². The van der Waals surface area contributed by atoms with E-state index < -0.39 is 0 Å². The molecule has 1 amide bonds. The van der Waals surface area contributed by atoms with E-state index in [1.807, 2.05) is 0 Å². The highest BCUT2D eigenvalue weighted by Gasteiger charge is 2.42. The van der Waals surface area contributed by atoms with Crippen LogP contribution in [-0.4, -0.2) is 29.1 Å². The highest BCUT2D eigenvalue weighted by molar-refractivity contribution is 5.84. The number of amides is 1. The van der Waals surface area contributed by atoms with Crippen LogP contribution in [-0.2, 0) is 4.79 Å². The standard InChI is InChI=1S/C17H32N2O/c1-4-8-15-17(20)19(16(18-15)9-5-2)14-11-7-10-13(6-3)12-14/h13-16,18H,4-12H2,1-3H3. The van der Waals surface area contributed by atoms with E-state index in [0.29, 0.717) is 18.1 Å². The Morgan fingerprint density at radius 1 is 1.15 bits per heavy atom. The van der Waals surface area contributed by atoms with Gasteiger partial charge in [-0.2, -0.15) is 0 Å². The summed E-state index contributed by atoms with van der Waals surface area (Å²) in [7, 11) is 0. The normalized spacial score (nSPS) is 34.8. The molecule has 1 N–H and O–H groups in total. The Balaban J connectivity index is 2.07. The van der Waals surface area contributed by atoms with E-state index in [-0.39, 0.29) is 6.04 Å². The lowest BCUT2D eigenvalue weighted by Gasteiger charge is -2.38. The lowest BCUT2D eigenvalue weighted by Crippen LogP contribution is -2.46. The smallest absolute Gasteiger partial charge is 0.241 e. The lowest BCUT2D eigenvalue weighted by atomic mass is 9.83. The molecule has 20 heavy (non-hydrogen) atoms. The Kier molecular flexibility index (Phi) is 5.88. The molecule has 3 nitrogen and oxygen atoms in total. The third kappa shape index (κ3) is 3.36. The van der Waals surface area contributed by atoms with Crippen molar-refractivity contribution in [2.75, 3.05) is 0 Å². The van der Waals surface area contributed by atoms with Crippen LogP contribution in [0.1, 0.15) is 78.6 Å². The molecule has 1 aliphatic heterocycles. The molecule has 1 heterocycles. The van der Waals surface area contributed by atoms with Crippen LogP contribution < -0.4 is 5.32 Å². The summed E-state index contributed by atoms with van der Waals surface area (Å²) in [5, 5.41) is 3.60. The fourth-order valence-electron chi connectivity index (χ4n) is 4.03. The van der Waals surface area contributed by atoms with Gasteiger partial charge in [0.05, 0.1) is 12.2 Å². The van der Waals surface area contributed by atoms with Gasteiger partial charge in [-0.05, 0) is 31.6 Å². The van der Waals surface area contributed by atoms with Gasteiger partial charge in [0.25, 0.3) is 0 Å². The average Bonchev–Trinajstić information content (AvgIpc) is 2.76. The third-order valence-electron chi connectivity index (χ3n) is 5.15. The van der Waals surface area contributed by atoms with Gasteiger partial charge in [0.1, 0.15) is 0 Å². The van der Waals surface area contributed by atoms with E-state index in [4.69, 9.17) is 0 Å². The Morgan fingerprint density at radius 3 is 2.55 bits per heavy atom. The van der Waals surface area contributed by atoms with Crippen molar-refractivity contribution in [3.05, 3.63) is 0 Å². The van der Waals surface area contributed by atoms with Gasteiger partial charge in [-0.3, -0.25) is 10.1 Å². The maximum absolute atomic E-state index is 12.7. The lowest BCUT2D eigenvalue weighted by molar-refractivity contribution is -0.133. The zero-order chi connectivity index (χ0) is 14.5. The average molecular weight is 280 g/mol. The summed E-state index contributed by atoms with van der Waals surface area (Å²) >= 11 is 0. The molecule has 2 rings (SSSR count). The van der Waals surface area contributed by atoms with Gasteiger partial charge in [0, 0.05) is 6.04 Å². The van der Waals surface area contributed by atoms with Gasteiger partial charge in [0.2, 0.25) is 5.91 Å². The minimum atomic E-state index is 0.0820. The first-order valence-electron chi connectivity index (χ1n) is 8.79. The second kappa shape index (κ2) is 7.44. The van der Waals surface area contributed by atoms with Crippen molar-refractivity contribution in [2.24, 2.45) is 5.92 Å². The zero-order valence-electron chi connectivity index (χ0n) is 13.5. The van der Waals surface area contributed by atoms with E-state index in [1.54, 1.807) is 0 Å². The predicted octanol–water partition coefficient (Wildman–Crippen LogP) is 3.68. The molecule has 0 spiro atoms. The number of hydrogen-bond donors (Lipinski definition) is 1. The SMILES string of the molecule is CCCC1NC(CCC)N(C2CCCC(CC)C2)C1=O. The van der Waals surface area contributed by atoms with Crippen molar-refractivity contribution in [3.63, 3.8) is 0 Å². The van der Waals surface area contributed by atoms with Crippen LogP contribution in [0.3, 0.4) is 0 Å². The topological polar surface area (TPSA) is 32.3 Å². The summed E-state index contributed by atoms with van der Waals surface area (Å²) in [6.07, 6.45) is 11.0. The predicted molar refractivity (Wildman–Crippen MR) is 83.4 cm³/mol. The summed E-state index contributed by atoms with van der Waals surface area (Å²) < 4.78 is 0. The highest BCUT2D eigenvalue weighted by Crippen LogP contribution is 2.33. The van der Waals surface area contributed by atoms with Gasteiger partial charge < -0.3 is 4.90 Å². The summed E-state index contributed by atoms with van der Waals surface area (Å²) in [6, 6.07) is 0.575. The van der Waals surface area contributed by atoms with E-state index in [9.17, 15) is 4.79 Å². The molecule has 1 aliphatic carbocycles. The Morgan fingerprint density at radius 2 is 1.90 bits per heavy atom. The molecule has 2 aliphatic rings. The first-order valence-corrected chi connectivity index (χ1v) is 8.79. The molecule has 0 aromatic heterocycles. The maximum Gasteiger partial charge on any atom is 0.241 e. The van der Waals surface area contributed by atoms with Crippen molar-refractivity contribution in [1.29, 1.82) is 0 Å². The van der Waals surface area contributed by atoms with Crippen LogP contribution in [0.5, 0.6) is 0 Å². The van der Waals surface area contributed by atoms with Crippen molar-refractivity contribution in [1.82, 2.24) is 10.2 Å². The fourth-order valence-corrected chi connectivity index (χ4v) is 4.03. The fraction of sp³-hybridized carbons (Fsp3) is 0.941. The van der Waals surface area contributed by atoms with Crippen LogP contribution in [0.2, 0.25) is 0 Å². The van der Waals surface area contributed by atoms with E-state index in [1.165, 1.54) is 32.1 Å². The molecular weight excluding hydrogens is 248 g/mol. The van der Waals surface area contributed by atoms with Crippen LogP contribution in [0.15, 0.2) is 0 Å². The summed E-state index contributed by atoms with van der Waals surface area (Å²) in [5.41, 5.74) is 0. The Hall–Kier alpha value is -0.570. The van der Waals surface area contributed by atoms with Crippen LogP contribution >= 0.6 is 0 Å². The number of rotatable bonds is 6. The highest BCUT2D eigenvalue weighted by atomic mass is 16.2. The number of carbonyl (C=O) groups excluding carboxylic acids is 1. The molecule has 0 aromatic carbocycles. The second-order valence-electron chi connectivity index (χ2n) is 6.65. The first kappa shape index (κ1) is 15.8. The third-order valence-corrected chi connectivity index (χ3v) is 5.15. The number of nitrogens with one attached hydrogen (secondary N) is 1. The van der Waals surface area contributed by atoms with E-state index in [2.05, 4.69) is 31.0 Å². The molecule has 2 fully saturated rings. The summed E-state index contributed by atoms with van der Waals surface area (Å²) in [6.45, 7) is 6.67. The molecule has 1 saturated heterocycles. The largest absolute Gasteiger partial charge is 0.323 e. The molecule has 1 saturated carbocycles. The Bertz CT molecular complexity index is 318. The number of carbonyl (C=O) groups is 1. The van der Waals surface area contributed by atoms with E-state index in [0.717, 1.165) is 31.6 Å². The van der Waals surface area contributed by atoms with Crippen molar-refractivity contribution >= 4 is 5.91 Å². The van der Waals surface area contributed by atoms with Crippen LogP contribution in [0.4, 0.5) is 0 Å². The van der Waals surface area contributed by atoms with E-state index >= 15 is 0 Å². The van der Waals surface area contributed by atoms with Gasteiger partial charge in [-0.1, -0.05) is 52.9 Å². The minimum absolute atomic E-state index is 0.0820. The number of hydrogen-bond acceptors (Lipinski definition) is 2. The minimum Gasteiger partial charge on any atom is -0.323 e. The van der Waals surface area contributed by atoms with Crippen molar-refractivity contribution < 1.29 is 4.79 Å². The van der Waals surface area contributed by atoms with Gasteiger partial charge in [-0.15, -0.1) is 0 Å². The molecule has 0 radical (unpaired) electrons. The molecule has 3 heteroatoms. The van der Waals surface area contributed by atoms with Crippen molar-refractivity contribution in [3.8, 4) is 0 Å². The van der Waals surface area contributed by atoms with Crippen LogP contribution in [0, 0.1) is 5.92 Å². The first-order chi connectivity index (χ1) is 9.71. The number of nitrogens with zero attached hydrogens (tertiary/aromatic N) is 1. The molecular formula is C17H32N2O. The second-order valence-corrected chi connectivity index (χ2v) is 6.65. The zero-order valence-corrected chi connectivity index (χ0v) is 13.5. The van der Waals surface area contributed by atoms with Gasteiger partial charge >= 0.3 is 0 Å². The van der Waals surface area contributed by atoms with Crippen molar-refractivity contribution in [2.45, 2.75) is 96.8 Å². The molecule has 0 aromatic rings. The molecule has 4 unspecified atom stereocenters. The summed E-state index contributed by atoms with van der Waals surface area (Å²) in [4.78, 5) is 15.0. The maximum atomic E-state index is 12.7. The molecule has 0 bridgehead atoms. The molecule has 116 valence electrons. The van der Waals surface area contributed by atoms with Crippen LogP contribution in [0.25, 0.3) is 0 Å². The van der Waals surface area contributed by atoms with Gasteiger partial charge in [-0.25, -0.2) is 0 Å².